The Balaban J connectivity index is 1.80. The summed E-state index contributed by atoms with van der Waals surface area (Å²) in [6, 6.07) is 6.03. The van der Waals surface area contributed by atoms with E-state index in [0.29, 0.717) is 11.8 Å². The maximum absolute atomic E-state index is 10.4. The lowest BCUT2D eigenvalue weighted by atomic mass is 9.97. The molecule has 26 heavy (non-hydrogen) atoms. The second-order valence-corrected chi connectivity index (χ2v) is 7.62. The zero-order chi connectivity index (χ0) is 18.5. The molecule has 1 saturated carbocycles. The third-order valence-corrected chi connectivity index (χ3v) is 4.83. The normalized spacial score (nSPS) is 14.8. The average Bonchev–Trinajstić information content (AvgIpc) is 3.24. The van der Waals surface area contributed by atoms with E-state index in [4.69, 9.17) is 9.84 Å². The number of hydrogen-bond donors (Lipinski definition) is 2. The fourth-order valence-corrected chi connectivity index (χ4v) is 3.17. The summed E-state index contributed by atoms with van der Waals surface area (Å²) in [5.74, 6) is 1.99. The molecule has 0 aliphatic heterocycles. The summed E-state index contributed by atoms with van der Waals surface area (Å²) >= 11 is 0. The summed E-state index contributed by atoms with van der Waals surface area (Å²) in [5, 5.41) is 23.8. The molecule has 138 valence electrons. The van der Waals surface area contributed by atoms with Gasteiger partial charge < -0.3 is 15.2 Å². The Morgan fingerprint density at radius 3 is 2.73 bits per heavy atom. The highest BCUT2D eigenvalue weighted by molar-refractivity contribution is 5.93. The van der Waals surface area contributed by atoms with Crippen LogP contribution in [-0.4, -0.2) is 31.8 Å². The van der Waals surface area contributed by atoms with E-state index in [2.05, 4.69) is 15.1 Å². The number of ether oxygens (including phenoxy) is 1. The highest BCUT2D eigenvalue weighted by Gasteiger charge is 2.25. The van der Waals surface area contributed by atoms with Crippen LogP contribution in [-0.2, 0) is 19.2 Å². The van der Waals surface area contributed by atoms with Gasteiger partial charge in [0.25, 0.3) is 5.88 Å². The van der Waals surface area contributed by atoms with E-state index >= 15 is 0 Å². The van der Waals surface area contributed by atoms with E-state index in [0.717, 1.165) is 34.5 Å². The quantitative estimate of drug-likeness (QED) is 0.710. The van der Waals surface area contributed by atoms with Crippen LogP contribution in [0.4, 0.5) is 11.5 Å². The van der Waals surface area contributed by atoms with Crippen LogP contribution in [0, 0.1) is 5.92 Å². The number of aliphatic hydroxyl groups is 1. The van der Waals surface area contributed by atoms with Crippen molar-refractivity contribution >= 4 is 22.4 Å². The van der Waals surface area contributed by atoms with Crippen molar-refractivity contribution in [2.45, 2.75) is 38.8 Å². The molecule has 0 amide bonds. The molecule has 0 radical (unpaired) electrons. The van der Waals surface area contributed by atoms with Crippen molar-refractivity contribution in [3.05, 3.63) is 30.0 Å². The molecular weight excluding hydrogens is 330 g/mol. The van der Waals surface area contributed by atoms with Gasteiger partial charge in [-0.15, -0.1) is 5.10 Å². The number of nitrogens with zero attached hydrogens (tertiary/aromatic N) is 4. The first-order valence-corrected chi connectivity index (χ1v) is 8.93. The SMILES string of the molecule is COc1nn(C)cc1Nc1nn(CC2CC2)c2ccc(C(C)(C)O)cc12. The third kappa shape index (κ3) is 3.14. The average molecular weight is 355 g/mol. The number of benzene rings is 1. The number of nitrogens with one attached hydrogen (secondary N) is 1. The van der Waals surface area contributed by atoms with Gasteiger partial charge in [0, 0.05) is 19.0 Å². The van der Waals surface area contributed by atoms with E-state index in [-0.39, 0.29) is 0 Å². The van der Waals surface area contributed by atoms with Gasteiger partial charge in [-0.05, 0) is 50.3 Å². The number of rotatable bonds is 6. The van der Waals surface area contributed by atoms with Gasteiger partial charge in [-0.25, -0.2) is 0 Å². The lowest BCUT2D eigenvalue weighted by molar-refractivity contribution is 0.0787. The fourth-order valence-electron chi connectivity index (χ4n) is 3.17. The molecule has 2 heterocycles. The number of aromatic nitrogens is 4. The number of aryl methyl sites for hydroxylation is 1. The lowest BCUT2D eigenvalue weighted by Gasteiger charge is -2.17. The number of anilines is 2. The van der Waals surface area contributed by atoms with Gasteiger partial charge in [0.15, 0.2) is 5.82 Å². The minimum atomic E-state index is -0.907. The van der Waals surface area contributed by atoms with E-state index in [1.165, 1.54) is 12.8 Å². The highest BCUT2D eigenvalue weighted by Crippen LogP contribution is 2.36. The summed E-state index contributed by atoms with van der Waals surface area (Å²) in [5.41, 5.74) is 1.78. The summed E-state index contributed by atoms with van der Waals surface area (Å²) in [4.78, 5) is 0. The Kier molecular flexibility index (Phi) is 3.91. The van der Waals surface area contributed by atoms with E-state index in [9.17, 15) is 5.11 Å². The number of methoxy groups -OCH3 is 1. The van der Waals surface area contributed by atoms with Crippen LogP contribution >= 0.6 is 0 Å². The predicted octanol–water partition coefficient (Wildman–Crippen LogP) is 3.16. The Morgan fingerprint density at radius 2 is 2.08 bits per heavy atom. The summed E-state index contributed by atoms with van der Waals surface area (Å²) < 4.78 is 9.10. The Hall–Kier alpha value is -2.54. The largest absolute Gasteiger partial charge is 0.478 e. The number of fused-ring (bicyclic) bond motifs is 1. The summed E-state index contributed by atoms with van der Waals surface area (Å²) in [7, 11) is 3.45. The maximum atomic E-state index is 10.4. The minimum Gasteiger partial charge on any atom is -0.478 e. The van der Waals surface area contributed by atoms with Crippen LogP contribution in [0.3, 0.4) is 0 Å². The molecule has 4 rings (SSSR count). The van der Waals surface area contributed by atoms with Gasteiger partial charge in [-0.3, -0.25) is 9.36 Å². The molecule has 3 aromatic rings. The van der Waals surface area contributed by atoms with Gasteiger partial charge >= 0.3 is 0 Å². The third-order valence-electron chi connectivity index (χ3n) is 4.83. The van der Waals surface area contributed by atoms with Crippen LogP contribution in [0.15, 0.2) is 24.4 Å². The van der Waals surface area contributed by atoms with Crippen LogP contribution in [0.5, 0.6) is 5.88 Å². The van der Waals surface area contributed by atoms with Crippen molar-refractivity contribution in [1.29, 1.82) is 0 Å². The Morgan fingerprint density at radius 1 is 1.31 bits per heavy atom. The molecule has 1 aromatic carbocycles. The van der Waals surface area contributed by atoms with E-state index in [1.807, 2.05) is 31.4 Å². The highest BCUT2D eigenvalue weighted by atomic mass is 16.5. The van der Waals surface area contributed by atoms with E-state index in [1.54, 1.807) is 25.6 Å². The van der Waals surface area contributed by atoms with Gasteiger partial charge in [0.1, 0.15) is 5.69 Å². The molecule has 1 aliphatic carbocycles. The summed E-state index contributed by atoms with van der Waals surface area (Å²) in [6.07, 6.45) is 4.40. The first-order chi connectivity index (χ1) is 12.3. The monoisotopic (exact) mass is 355 g/mol. The van der Waals surface area contributed by atoms with Crippen molar-refractivity contribution in [2.75, 3.05) is 12.4 Å². The van der Waals surface area contributed by atoms with Crippen molar-refractivity contribution in [3.63, 3.8) is 0 Å². The molecule has 0 bridgehead atoms. The first kappa shape index (κ1) is 16.9. The Labute approximate surface area is 152 Å². The molecule has 7 nitrogen and oxygen atoms in total. The molecule has 0 saturated heterocycles. The van der Waals surface area contributed by atoms with Gasteiger partial charge in [0.2, 0.25) is 0 Å². The standard InChI is InChI=1S/C19H25N5O2/c1-19(2,25)13-7-8-16-14(9-13)17(21-24(16)10-12-5-6-12)20-15-11-23(3)22-18(15)26-4/h7-9,11-12,25H,5-6,10H2,1-4H3,(H,20,21). The second kappa shape index (κ2) is 6.02. The van der Waals surface area contributed by atoms with Gasteiger partial charge in [-0.2, -0.15) is 5.10 Å². The van der Waals surface area contributed by atoms with Crippen molar-refractivity contribution in [2.24, 2.45) is 13.0 Å². The molecule has 0 spiro atoms. The molecule has 2 N–H and O–H groups in total. The smallest absolute Gasteiger partial charge is 0.256 e. The molecule has 0 atom stereocenters. The molecule has 0 unspecified atom stereocenters. The molecule has 1 fully saturated rings. The molecular formula is C19H25N5O2. The van der Waals surface area contributed by atoms with Crippen LogP contribution in [0.25, 0.3) is 10.9 Å². The lowest BCUT2D eigenvalue weighted by Crippen LogP contribution is -2.15. The van der Waals surface area contributed by atoms with Crippen molar-refractivity contribution < 1.29 is 9.84 Å². The maximum Gasteiger partial charge on any atom is 0.256 e. The van der Waals surface area contributed by atoms with E-state index < -0.39 is 5.60 Å². The van der Waals surface area contributed by atoms with Crippen molar-refractivity contribution in [3.8, 4) is 5.88 Å². The topological polar surface area (TPSA) is 77.1 Å². The number of hydrogen-bond acceptors (Lipinski definition) is 5. The Bertz CT molecular complexity index is 947. The molecule has 7 heteroatoms. The molecule has 2 aromatic heterocycles. The summed E-state index contributed by atoms with van der Waals surface area (Å²) in [6.45, 7) is 4.50. The zero-order valence-corrected chi connectivity index (χ0v) is 15.7. The van der Waals surface area contributed by atoms with Crippen LogP contribution in [0.2, 0.25) is 0 Å². The van der Waals surface area contributed by atoms with Crippen molar-refractivity contribution in [1.82, 2.24) is 19.6 Å². The zero-order valence-electron chi connectivity index (χ0n) is 15.7. The van der Waals surface area contributed by atoms with Crippen LogP contribution in [0.1, 0.15) is 32.3 Å². The fraction of sp³-hybridized carbons (Fsp3) is 0.474. The van der Waals surface area contributed by atoms with Crippen LogP contribution < -0.4 is 10.1 Å². The van der Waals surface area contributed by atoms with Gasteiger partial charge in [0.05, 0.1) is 24.4 Å². The minimum absolute atomic E-state index is 0.524. The predicted molar refractivity (Wildman–Crippen MR) is 101 cm³/mol. The second-order valence-electron chi connectivity index (χ2n) is 7.62. The van der Waals surface area contributed by atoms with Gasteiger partial charge in [-0.1, -0.05) is 6.07 Å². The first-order valence-electron chi connectivity index (χ1n) is 8.93. The molecule has 1 aliphatic rings.